The minimum absolute atomic E-state index is 0.725. The number of nitrogens with one attached hydrogen (secondary N) is 1. The van der Waals surface area contributed by atoms with Crippen molar-refractivity contribution in [1.29, 1.82) is 0 Å². The quantitative estimate of drug-likeness (QED) is 0.794. The lowest BCUT2D eigenvalue weighted by Gasteiger charge is -2.13. The molecule has 0 saturated heterocycles. The minimum atomic E-state index is 0.725. The molecule has 1 N–H and O–H groups in total. The molecule has 1 aromatic carbocycles. The second-order valence-corrected chi connectivity index (χ2v) is 6.33. The monoisotopic (exact) mass is 321 g/mol. The second-order valence-electron chi connectivity index (χ2n) is 6.33. The molecule has 0 fully saturated rings. The Bertz CT molecular complexity index is 856. The number of nitrogens with zero attached hydrogens (tertiary/aromatic N) is 4. The molecule has 0 unspecified atom stereocenters. The van der Waals surface area contributed by atoms with E-state index in [0.717, 1.165) is 29.6 Å². The molecule has 124 valence electrons. The van der Waals surface area contributed by atoms with Crippen LogP contribution in [-0.2, 0) is 6.54 Å². The molecule has 3 aromatic rings. The van der Waals surface area contributed by atoms with Crippen molar-refractivity contribution >= 4 is 5.82 Å². The lowest BCUT2D eigenvalue weighted by atomic mass is 10.00. The molecule has 5 nitrogen and oxygen atoms in total. The van der Waals surface area contributed by atoms with Crippen LogP contribution in [0, 0.1) is 34.6 Å². The SMILES string of the molecule is Cc1cc(C)c(CNc2cncc(-n3nc(C)cc3C)n2)c(C)c1. The Morgan fingerprint density at radius 3 is 2.29 bits per heavy atom. The fraction of sp³-hybridized carbons (Fsp3) is 0.316. The maximum Gasteiger partial charge on any atom is 0.174 e. The van der Waals surface area contributed by atoms with Crippen molar-refractivity contribution in [3.05, 3.63) is 64.2 Å². The number of rotatable bonds is 4. The number of aromatic nitrogens is 4. The first-order valence-corrected chi connectivity index (χ1v) is 8.10. The zero-order valence-corrected chi connectivity index (χ0v) is 14.9. The van der Waals surface area contributed by atoms with Gasteiger partial charge in [0.05, 0.1) is 18.1 Å². The summed E-state index contributed by atoms with van der Waals surface area (Å²) in [7, 11) is 0. The molecule has 2 heterocycles. The zero-order chi connectivity index (χ0) is 17.3. The lowest BCUT2D eigenvalue weighted by molar-refractivity contribution is 0.799. The van der Waals surface area contributed by atoms with Crippen LogP contribution in [0.2, 0.25) is 0 Å². The highest BCUT2D eigenvalue weighted by Crippen LogP contribution is 2.18. The molecule has 0 radical (unpaired) electrons. The van der Waals surface area contributed by atoms with Gasteiger partial charge in [-0.15, -0.1) is 0 Å². The summed E-state index contributed by atoms with van der Waals surface area (Å²) in [5.41, 5.74) is 7.20. The Balaban J connectivity index is 1.82. The molecule has 5 heteroatoms. The number of aryl methyl sites for hydroxylation is 5. The zero-order valence-electron chi connectivity index (χ0n) is 14.9. The Labute approximate surface area is 142 Å². The molecule has 0 aliphatic heterocycles. The molecular formula is C19H23N5. The van der Waals surface area contributed by atoms with Gasteiger partial charge in [0.25, 0.3) is 0 Å². The van der Waals surface area contributed by atoms with Gasteiger partial charge in [0.1, 0.15) is 5.82 Å². The maximum atomic E-state index is 4.64. The highest BCUT2D eigenvalue weighted by Gasteiger charge is 2.08. The van der Waals surface area contributed by atoms with Crippen LogP contribution in [0.15, 0.2) is 30.6 Å². The van der Waals surface area contributed by atoms with Gasteiger partial charge in [-0.2, -0.15) is 5.10 Å². The molecule has 0 bridgehead atoms. The van der Waals surface area contributed by atoms with Crippen LogP contribution in [0.25, 0.3) is 5.82 Å². The molecule has 2 aromatic heterocycles. The normalized spacial score (nSPS) is 10.9. The van der Waals surface area contributed by atoms with E-state index < -0.39 is 0 Å². The van der Waals surface area contributed by atoms with Gasteiger partial charge in [-0.05, 0) is 57.4 Å². The number of benzene rings is 1. The van der Waals surface area contributed by atoms with Crippen LogP contribution < -0.4 is 5.32 Å². The van der Waals surface area contributed by atoms with Gasteiger partial charge >= 0.3 is 0 Å². The van der Waals surface area contributed by atoms with Crippen LogP contribution in [0.1, 0.15) is 33.6 Å². The third-order valence-corrected chi connectivity index (χ3v) is 4.14. The van der Waals surface area contributed by atoms with Gasteiger partial charge in [-0.1, -0.05) is 17.7 Å². The first-order chi connectivity index (χ1) is 11.4. The van der Waals surface area contributed by atoms with Crippen molar-refractivity contribution in [3.63, 3.8) is 0 Å². The maximum absolute atomic E-state index is 4.64. The summed E-state index contributed by atoms with van der Waals surface area (Å²) in [6.45, 7) is 11.1. The van der Waals surface area contributed by atoms with E-state index in [2.05, 4.69) is 53.3 Å². The van der Waals surface area contributed by atoms with Gasteiger partial charge in [0.15, 0.2) is 5.82 Å². The van der Waals surface area contributed by atoms with Crippen LogP contribution in [-0.4, -0.2) is 19.7 Å². The summed E-state index contributed by atoms with van der Waals surface area (Å²) in [5.74, 6) is 1.47. The fourth-order valence-corrected chi connectivity index (χ4v) is 3.07. The molecule has 0 aliphatic rings. The molecule has 0 atom stereocenters. The first kappa shape index (κ1) is 16.2. The van der Waals surface area contributed by atoms with E-state index >= 15 is 0 Å². The van der Waals surface area contributed by atoms with Gasteiger partial charge in [-0.25, -0.2) is 9.67 Å². The molecule has 0 spiro atoms. The highest BCUT2D eigenvalue weighted by atomic mass is 15.3. The van der Waals surface area contributed by atoms with Crippen molar-refractivity contribution in [2.24, 2.45) is 0 Å². The number of hydrogen-bond donors (Lipinski definition) is 1. The van der Waals surface area contributed by atoms with Crippen molar-refractivity contribution in [3.8, 4) is 5.82 Å². The van der Waals surface area contributed by atoms with E-state index in [1.807, 2.05) is 24.6 Å². The molecule has 0 aliphatic carbocycles. The Morgan fingerprint density at radius 2 is 1.67 bits per heavy atom. The lowest BCUT2D eigenvalue weighted by Crippen LogP contribution is -2.08. The van der Waals surface area contributed by atoms with Crippen LogP contribution in [0.4, 0.5) is 5.82 Å². The largest absolute Gasteiger partial charge is 0.365 e. The van der Waals surface area contributed by atoms with Crippen molar-refractivity contribution in [1.82, 2.24) is 19.7 Å². The smallest absolute Gasteiger partial charge is 0.174 e. The Hall–Kier alpha value is -2.69. The van der Waals surface area contributed by atoms with E-state index in [1.54, 1.807) is 12.4 Å². The Kier molecular flexibility index (Phi) is 4.34. The van der Waals surface area contributed by atoms with Crippen molar-refractivity contribution in [2.45, 2.75) is 41.2 Å². The van der Waals surface area contributed by atoms with Gasteiger partial charge in [0, 0.05) is 12.2 Å². The molecule has 0 amide bonds. The predicted octanol–water partition coefficient (Wildman–Crippen LogP) is 3.82. The van der Waals surface area contributed by atoms with Crippen molar-refractivity contribution in [2.75, 3.05) is 5.32 Å². The van der Waals surface area contributed by atoms with Gasteiger partial charge in [-0.3, -0.25) is 4.98 Å². The van der Waals surface area contributed by atoms with E-state index in [-0.39, 0.29) is 0 Å². The standard InChI is InChI=1S/C19H23N5/c1-12-6-13(2)17(14(3)7-12)9-21-18-10-20-11-19(22-18)24-16(5)8-15(4)23-24/h6-8,10-11H,9H2,1-5H3,(H,21,22). The molecular weight excluding hydrogens is 298 g/mol. The summed E-state index contributed by atoms with van der Waals surface area (Å²) >= 11 is 0. The average molecular weight is 321 g/mol. The van der Waals surface area contributed by atoms with E-state index in [4.69, 9.17) is 0 Å². The Morgan fingerprint density at radius 1 is 0.958 bits per heavy atom. The second kappa shape index (κ2) is 6.43. The van der Waals surface area contributed by atoms with Crippen LogP contribution in [0.3, 0.4) is 0 Å². The summed E-state index contributed by atoms with van der Waals surface area (Å²) < 4.78 is 1.82. The topological polar surface area (TPSA) is 55.6 Å². The fourth-order valence-electron chi connectivity index (χ4n) is 3.07. The minimum Gasteiger partial charge on any atom is -0.365 e. The third-order valence-electron chi connectivity index (χ3n) is 4.14. The average Bonchev–Trinajstić information content (AvgIpc) is 2.85. The van der Waals surface area contributed by atoms with E-state index in [1.165, 1.54) is 22.3 Å². The summed E-state index contributed by atoms with van der Waals surface area (Å²) in [6, 6.07) is 6.45. The van der Waals surface area contributed by atoms with Gasteiger partial charge in [0.2, 0.25) is 0 Å². The van der Waals surface area contributed by atoms with E-state index in [9.17, 15) is 0 Å². The highest BCUT2D eigenvalue weighted by molar-refractivity contribution is 5.42. The van der Waals surface area contributed by atoms with Crippen LogP contribution >= 0.6 is 0 Å². The summed E-state index contributed by atoms with van der Waals surface area (Å²) in [4.78, 5) is 8.93. The number of anilines is 1. The van der Waals surface area contributed by atoms with E-state index in [0.29, 0.717) is 0 Å². The summed E-state index contributed by atoms with van der Waals surface area (Å²) in [6.07, 6.45) is 3.47. The predicted molar refractivity (Wildman–Crippen MR) is 96.6 cm³/mol. The third kappa shape index (κ3) is 3.30. The molecule has 24 heavy (non-hydrogen) atoms. The van der Waals surface area contributed by atoms with Gasteiger partial charge < -0.3 is 5.32 Å². The molecule has 3 rings (SSSR count). The van der Waals surface area contributed by atoms with Crippen molar-refractivity contribution < 1.29 is 0 Å². The summed E-state index contributed by atoms with van der Waals surface area (Å²) in [5, 5.41) is 7.85. The number of hydrogen-bond acceptors (Lipinski definition) is 4. The first-order valence-electron chi connectivity index (χ1n) is 8.10. The van der Waals surface area contributed by atoms with Crippen LogP contribution in [0.5, 0.6) is 0 Å². The molecule has 0 saturated carbocycles.